The van der Waals surface area contributed by atoms with Crippen LogP contribution in [0.1, 0.15) is 49.2 Å². The summed E-state index contributed by atoms with van der Waals surface area (Å²) in [6, 6.07) is 2.66. The van der Waals surface area contributed by atoms with Crippen molar-refractivity contribution >= 4 is 17.7 Å². The SMILES string of the molecule is CC(C)C[C@H]1NC(=O)c2cc(F)ccc2OCCn2cc(nn2)CCN(C(=O)[C@H]2CCCN2)CCNC1=O. The quantitative estimate of drug-likeness (QED) is 0.538. The number of amides is 3. The highest BCUT2D eigenvalue weighted by Crippen LogP contribution is 2.21. The van der Waals surface area contributed by atoms with Gasteiger partial charge in [-0.05, 0) is 49.9 Å². The molecule has 3 N–H and O–H groups in total. The molecule has 0 spiro atoms. The summed E-state index contributed by atoms with van der Waals surface area (Å²) < 4.78 is 21.5. The van der Waals surface area contributed by atoms with E-state index in [2.05, 4.69) is 26.3 Å². The van der Waals surface area contributed by atoms with Crippen molar-refractivity contribution in [1.29, 1.82) is 0 Å². The molecule has 4 rings (SSSR count). The number of nitrogens with one attached hydrogen (secondary N) is 3. The zero-order valence-electron chi connectivity index (χ0n) is 21.9. The molecule has 1 aromatic heterocycles. The highest BCUT2D eigenvalue weighted by molar-refractivity contribution is 5.99. The van der Waals surface area contributed by atoms with E-state index in [0.717, 1.165) is 31.1 Å². The van der Waals surface area contributed by atoms with Crippen molar-refractivity contribution < 1.29 is 23.5 Å². The Morgan fingerprint density at radius 3 is 2.82 bits per heavy atom. The molecule has 0 aliphatic carbocycles. The molecule has 2 aromatic rings. The second-order valence-electron chi connectivity index (χ2n) is 10.1. The second-order valence-corrected chi connectivity index (χ2v) is 10.1. The number of carbonyl (C=O) groups excluding carboxylic acids is 3. The van der Waals surface area contributed by atoms with Gasteiger partial charge in [0.05, 0.1) is 23.8 Å². The molecule has 3 amide bonds. The van der Waals surface area contributed by atoms with Crippen LogP contribution in [-0.2, 0) is 22.6 Å². The molecule has 0 unspecified atom stereocenters. The van der Waals surface area contributed by atoms with Crippen LogP contribution in [0.3, 0.4) is 0 Å². The van der Waals surface area contributed by atoms with E-state index in [9.17, 15) is 18.8 Å². The third-order valence-corrected chi connectivity index (χ3v) is 6.67. The van der Waals surface area contributed by atoms with Gasteiger partial charge in [0, 0.05) is 32.3 Å². The van der Waals surface area contributed by atoms with Gasteiger partial charge in [-0.15, -0.1) is 5.10 Å². The maximum absolute atomic E-state index is 14.1. The Labute approximate surface area is 221 Å². The van der Waals surface area contributed by atoms with Gasteiger partial charge in [-0.2, -0.15) is 0 Å². The lowest BCUT2D eigenvalue weighted by Gasteiger charge is -2.26. The Balaban J connectivity index is 1.56. The number of hydrogen-bond donors (Lipinski definition) is 3. The van der Waals surface area contributed by atoms with E-state index < -0.39 is 17.8 Å². The molecule has 11 nitrogen and oxygen atoms in total. The van der Waals surface area contributed by atoms with E-state index in [1.807, 2.05) is 13.8 Å². The number of benzene rings is 1. The van der Waals surface area contributed by atoms with Crippen LogP contribution in [0.4, 0.5) is 4.39 Å². The largest absolute Gasteiger partial charge is 0.491 e. The third kappa shape index (κ3) is 7.27. The number of carbonyl (C=O) groups is 3. The standard InChI is InChI=1S/C26H36FN7O4/c1-17(2)14-22-25(36)29-9-11-33(26(37)21-4-3-8-28-21)10-7-19-16-34(32-31-19)12-13-38-23-6-5-18(27)15-20(23)24(35)30-22/h5-6,15-17,21-22,28H,3-4,7-14H2,1-2H3,(H,29,36)(H,30,35)/t21-,22-/m1/s1. The van der Waals surface area contributed by atoms with E-state index in [1.165, 1.54) is 12.1 Å². The molecule has 2 aliphatic heterocycles. The molecule has 1 saturated heterocycles. The van der Waals surface area contributed by atoms with Crippen LogP contribution in [0.15, 0.2) is 24.4 Å². The van der Waals surface area contributed by atoms with Crippen molar-refractivity contribution in [3.05, 3.63) is 41.5 Å². The molecule has 38 heavy (non-hydrogen) atoms. The zero-order valence-corrected chi connectivity index (χ0v) is 21.9. The molecule has 0 saturated carbocycles. The molecule has 206 valence electrons. The molecule has 3 heterocycles. The normalized spacial score (nSPS) is 21.6. The number of rotatable bonds is 3. The van der Waals surface area contributed by atoms with Crippen molar-refractivity contribution in [2.45, 2.75) is 58.2 Å². The topological polar surface area (TPSA) is 130 Å². The average molecular weight is 530 g/mol. The maximum atomic E-state index is 14.1. The van der Waals surface area contributed by atoms with Crippen molar-refractivity contribution in [3.8, 4) is 5.75 Å². The van der Waals surface area contributed by atoms with Gasteiger partial charge in [0.1, 0.15) is 24.2 Å². The fraction of sp³-hybridized carbons (Fsp3) is 0.577. The van der Waals surface area contributed by atoms with Crippen LogP contribution >= 0.6 is 0 Å². The molecule has 2 aliphatic rings. The Hall–Kier alpha value is -3.54. The van der Waals surface area contributed by atoms with Gasteiger partial charge in [0.15, 0.2) is 0 Å². The van der Waals surface area contributed by atoms with E-state index in [0.29, 0.717) is 32.5 Å². The van der Waals surface area contributed by atoms with Gasteiger partial charge in [-0.3, -0.25) is 14.4 Å². The Morgan fingerprint density at radius 2 is 2.05 bits per heavy atom. The summed E-state index contributed by atoms with van der Waals surface area (Å²) in [5.41, 5.74) is 0.735. The molecule has 1 fully saturated rings. The first-order valence-corrected chi connectivity index (χ1v) is 13.2. The zero-order chi connectivity index (χ0) is 27.1. The first-order chi connectivity index (χ1) is 18.3. The number of nitrogens with zero attached hydrogens (tertiary/aromatic N) is 4. The Kier molecular flexibility index (Phi) is 9.27. The van der Waals surface area contributed by atoms with Crippen LogP contribution in [0.5, 0.6) is 5.75 Å². The number of hydrogen-bond acceptors (Lipinski definition) is 7. The van der Waals surface area contributed by atoms with Crippen molar-refractivity contribution in [3.63, 3.8) is 0 Å². The lowest BCUT2D eigenvalue weighted by Crippen LogP contribution is -2.51. The van der Waals surface area contributed by atoms with Gasteiger partial charge in [0.25, 0.3) is 5.91 Å². The van der Waals surface area contributed by atoms with Crippen LogP contribution < -0.4 is 20.7 Å². The second kappa shape index (κ2) is 12.8. The molecular weight excluding hydrogens is 493 g/mol. The minimum absolute atomic E-state index is 0.00221. The number of ether oxygens (including phenoxy) is 1. The van der Waals surface area contributed by atoms with E-state index in [-0.39, 0.29) is 48.2 Å². The molecule has 12 heteroatoms. The molecular formula is C26H36FN7O4. The predicted octanol–water partition coefficient (Wildman–Crippen LogP) is 0.894. The number of fused-ring (bicyclic) bond motifs is 3. The summed E-state index contributed by atoms with van der Waals surface area (Å²) in [4.78, 5) is 41.2. The molecule has 0 radical (unpaired) electrons. The van der Waals surface area contributed by atoms with Crippen LogP contribution in [0.2, 0.25) is 0 Å². The summed E-state index contributed by atoms with van der Waals surface area (Å²) in [5, 5.41) is 17.2. The fourth-order valence-corrected chi connectivity index (χ4v) is 4.69. The summed E-state index contributed by atoms with van der Waals surface area (Å²) in [6.07, 6.45) is 4.42. The highest BCUT2D eigenvalue weighted by atomic mass is 19.1. The van der Waals surface area contributed by atoms with Crippen LogP contribution in [0.25, 0.3) is 0 Å². The molecule has 2 atom stereocenters. The first-order valence-electron chi connectivity index (χ1n) is 13.2. The van der Waals surface area contributed by atoms with Crippen LogP contribution in [-0.4, -0.2) is 82.5 Å². The van der Waals surface area contributed by atoms with Crippen LogP contribution in [0, 0.1) is 11.7 Å². The average Bonchev–Trinajstić information content (AvgIpc) is 3.58. The van der Waals surface area contributed by atoms with Gasteiger partial charge in [0.2, 0.25) is 11.8 Å². The third-order valence-electron chi connectivity index (χ3n) is 6.67. The smallest absolute Gasteiger partial charge is 0.255 e. The van der Waals surface area contributed by atoms with E-state index >= 15 is 0 Å². The Morgan fingerprint density at radius 1 is 1.21 bits per heavy atom. The lowest BCUT2D eigenvalue weighted by molar-refractivity contribution is -0.133. The fourth-order valence-electron chi connectivity index (χ4n) is 4.69. The number of halogens is 1. The number of aromatic nitrogens is 3. The highest BCUT2D eigenvalue weighted by Gasteiger charge is 2.28. The van der Waals surface area contributed by atoms with Crippen molar-refractivity contribution in [1.82, 2.24) is 35.8 Å². The van der Waals surface area contributed by atoms with Gasteiger partial charge in [-0.25, -0.2) is 9.07 Å². The van der Waals surface area contributed by atoms with Crippen molar-refractivity contribution in [2.75, 3.05) is 32.8 Å². The summed E-state index contributed by atoms with van der Waals surface area (Å²) in [7, 11) is 0. The Bertz CT molecular complexity index is 1130. The predicted molar refractivity (Wildman–Crippen MR) is 137 cm³/mol. The lowest BCUT2D eigenvalue weighted by atomic mass is 10.0. The molecule has 2 bridgehead atoms. The summed E-state index contributed by atoms with van der Waals surface area (Å²) in [6.45, 7) is 6.22. The minimum Gasteiger partial charge on any atom is -0.491 e. The van der Waals surface area contributed by atoms with E-state index in [1.54, 1.807) is 15.8 Å². The van der Waals surface area contributed by atoms with Gasteiger partial charge >= 0.3 is 0 Å². The van der Waals surface area contributed by atoms with Gasteiger partial charge < -0.3 is 25.6 Å². The minimum atomic E-state index is -0.831. The maximum Gasteiger partial charge on any atom is 0.255 e. The molecule has 1 aromatic carbocycles. The van der Waals surface area contributed by atoms with Crippen molar-refractivity contribution in [2.24, 2.45) is 5.92 Å². The van der Waals surface area contributed by atoms with Gasteiger partial charge in [-0.1, -0.05) is 19.1 Å². The monoisotopic (exact) mass is 529 g/mol. The summed E-state index contributed by atoms with van der Waals surface area (Å²) in [5.74, 6) is -1.22. The first kappa shape index (κ1) is 27.5. The van der Waals surface area contributed by atoms with E-state index in [4.69, 9.17) is 4.74 Å². The summed E-state index contributed by atoms with van der Waals surface area (Å²) >= 11 is 0.